The maximum atomic E-state index is 15.3. The van der Waals surface area contributed by atoms with Gasteiger partial charge in [0.2, 0.25) is 0 Å². The Balaban J connectivity index is 0.00000134. The zero-order chi connectivity index (χ0) is 28.5. The van der Waals surface area contributed by atoms with Crippen molar-refractivity contribution in [3.05, 3.63) is 107 Å². The molecule has 0 aromatic heterocycles. The van der Waals surface area contributed by atoms with Gasteiger partial charge >= 0.3 is 0 Å². The largest absolute Gasteiger partial charge is 0.203 e. The first kappa shape index (κ1) is 30.3. The molecule has 4 aromatic rings. The number of halogens is 2. The second-order valence-electron chi connectivity index (χ2n) is 10.8. The summed E-state index contributed by atoms with van der Waals surface area (Å²) in [6, 6.07) is 23.6. The van der Waals surface area contributed by atoms with Crippen molar-refractivity contribution in [2.24, 2.45) is 5.92 Å². The highest BCUT2D eigenvalue weighted by Gasteiger charge is 2.18. The Morgan fingerprint density at radius 1 is 0.615 bits per heavy atom. The molecule has 0 saturated heterocycles. The Morgan fingerprint density at radius 3 is 1.51 bits per heavy atom. The lowest BCUT2D eigenvalue weighted by Crippen LogP contribution is -2.03. The van der Waals surface area contributed by atoms with Gasteiger partial charge in [-0.15, -0.1) is 0 Å². The molecule has 0 aliphatic carbocycles. The van der Waals surface area contributed by atoms with Gasteiger partial charge in [0, 0.05) is 11.1 Å². The zero-order valence-corrected chi connectivity index (χ0v) is 24.8. The van der Waals surface area contributed by atoms with E-state index in [1.54, 1.807) is 12.1 Å². The predicted octanol–water partition coefficient (Wildman–Crippen LogP) is 11.5. The predicted molar refractivity (Wildman–Crippen MR) is 165 cm³/mol. The Morgan fingerprint density at radius 2 is 1.05 bits per heavy atom. The highest BCUT2D eigenvalue weighted by Crippen LogP contribution is 2.34. The third-order valence-corrected chi connectivity index (χ3v) is 7.36. The average Bonchev–Trinajstić information content (AvgIpc) is 2.93. The van der Waals surface area contributed by atoms with Crippen molar-refractivity contribution in [2.75, 3.05) is 0 Å². The molecule has 0 saturated carbocycles. The van der Waals surface area contributed by atoms with Crippen LogP contribution >= 0.6 is 0 Å². The minimum atomic E-state index is -0.803. The van der Waals surface area contributed by atoms with Crippen LogP contribution in [0, 0.1) is 31.4 Å². The summed E-state index contributed by atoms with van der Waals surface area (Å²) in [5.41, 5.74) is 9.05. The van der Waals surface area contributed by atoms with Crippen molar-refractivity contribution >= 4 is 0 Å². The molecule has 0 aliphatic heterocycles. The van der Waals surface area contributed by atoms with Gasteiger partial charge in [0.1, 0.15) is 0 Å². The van der Waals surface area contributed by atoms with Crippen LogP contribution in [0.3, 0.4) is 0 Å². The van der Waals surface area contributed by atoms with Crippen LogP contribution < -0.4 is 0 Å². The number of rotatable bonds is 8. The van der Waals surface area contributed by atoms with Gasteiger partial charge in [-0.25, -0.2) is 8.78 Å². The minimum Gasteiger partial charge on any atom is -0.203 e. The fraction of sp³-hybridized carbons (Fsp3) is 0.351. The summed E-state index contributed by atoms with van der Waals surface area (Å²) in [6.07, 6.45) is 5.57. The van der Waals surface area contributed by atoms with Gasteiger partial charge in [0.25, 0.3) is 0 Å². The lowest BCUT2D eigenvalue weighted by molar-refractivity contribution is 0.514. The summed E-state index contributed by atoms with van der Waals surface area (Å²) in [5, 5.41) is 0. The lowest BCUT2D eigenvalue weighted by Gasteiger charge is -2.17. The molecule has 4 aromatic carbocycles. The quantitative estimate of drug-likeness (QED) is 0.214. The molecule has 0 bridgehead atoms. The second-order valence-corrected chi connectivity index (χ2v) is 10.8. The van der Waals surface area contributed by atoms with Crippen LogP contribution in [0.2, 0.25) is 0 Å². The zero-order valence-electron chi connectivity index (χ0n) is 24.8. The van der Waals surface area contributed by atoms with Gasteiger partial charge in [0.05, 0.1) is 0 Å². The van der Waals surface area contributed by atoms with Gasteiger partial charge in [0.15, 0.2) is 11.6 Å². The van der Waals surface area contributed by atoms with E-state index in [2.05, 4.69) is 72.7 Å². The van der Waals surface area contributed by atoms with E-state index in [1.165, 1.54) is 17.5 Å². The van der Waals surface area contributed by atoms with Crippen molar-refractivity contribution in [1.82, 2.24) is 0 Å². The maximum Gasteiger partial charge on any atom is 0.167 e. The molecule has 39 heavy (non-hydrogen) atoms. The van der Waals surface area contributed by atoms with Crippen molar-refractivity contribution in [3.63, 3.8) is 0 Å². The fourth-order valence-electron chi connectivity index (χ4n) is 4.95. The number of benzene rings is 4. The van der Waals surface area contributed by atoms with E-state index in [9.17, 15) is 0 Å². The maximum absolute atomic E-state index is 15.3. The SMILES string of the molecule is CCC.CCCc1ccc(-c2ccc(-c3ccc(-c4cc(C)c(CC(C)CC)c(C)c4)c(F)c3F)cc2)cc1. The molecule has 206 valence electrons. The van der Waals surface area contributed by atoms with E-state index >= 15 is 8.78 Å². The topological polar surface area (TPSA) is 0 Å². The summed E-state index contributed by atoms with van der Waals surface area (Å²) in [6.45, 7) is 15.0. The first-order chi connectivity index (χ1) is 18.7. The summed E-state index contributed by atoms with van der Waals surface area (Å²) in [5.74, 6) is -1.01. The molecule has 2 heteroatoms. The van der Waals surface area contributed by atoms with Crippen LogP contribution in [0.4, 0.5) is 8.78 Å². The van der Waals surface area contributed by atoms with Crippen LogP contribution in [0.5, 0.6) is 0 Å². The standard InChI is InChI=1S/C34H36F2.C3H8/c1-6-8-25-9-11-26(12-10-25)27-13-15-28(16-14-27)30-17-18-31(34(36)33(30)35)29-20-23(4)32(24(5)21-29)19-22(3)7-2;1-3-2/h9-18,20-22H,6-8,19H2,1-5H3;3H2,1-2H3. The molecule has 1 atom stereocenters. The molecule has 0 spiro atoms. The molecule has 0 fully saturated rings. The summed E-state index contributed by atoms with van der Waals surface area (Å²) >= 11 is 0. The van der Waals surface area contributed by atoms with Gasteiger partial charge in [-0.05, 0) is 77.1 Å². The monoisotopic (exact) mass is 526 g/mol. The first-order valence-corrected chi connectivity index (χ1v) is 14.5. The van der Waals surface area contributed by atoms with Gasteiger partial charge in [-0.3, -0.25) is 0 Å². The van der Waals surface area contributed by atoms with E-state index in [0.717, 1.165) is 53.5 Å². The molecule has 0 aliphatic rings. The number of aryl methyl sites for hydroxylation is 3. The normalized spacial score (nSPS) is 11.6. The van der Waals surface area contributed by atoms with Gasteiger partial charge < -0.3 is 0 Å². The van der Waals surface area contributed by atoms with Crippen LogP contribution in [-0.4, -0.2) is 0 Å². The molecular weight excluding hydrogens is 482 g/mol. The summed E-state index contributed by atoms with van der Waals surface area (Å²) in [7, 11) is 0. The molecule has 0 heterocycles. The van der Waals surface area contributed by atoms with Gasteiger partial charge in [-0.1, -0.05) is 127 Å². The van der Waals surface area contributed by atoms with Crippen LogP contribution in [-0.2, 0) is 12.8 Å². The Hall–Kier alpha value is -3.26. The van der Waals surface area contributed by atoms with Crippen molar-refractivity contribution in [1.29, 1.82) is 0 Å². The molecule has 1 unspecified atom stereocenters. The van der Waals surface area contributed by atoms with E-state index < -0.39 is 11.6 Å². The summed E-state index contributed by atoms with van der Waals surface area (Å²) < 4.78 is 30.6. The summed E-state index contributed by atoms with van der Waals surface area (Å²) in [4.78, 5) is 0. The van der Waals surface area contributed by atoms with Crippen molar-refractivity contribution in [2.45, 2.75) is 80.6 Å². The van der Waals surface area contributed by atoms with E-state index in [1.807, 2.05) is 36.4 Å². The van der Waals surface area contributed by atoms with Crippen LogP contribution in [0.25, 0.3) is 33.4 Å². The third kappa shape index (κ3) is 7.44. The number of hydrogen-bond donors (Lipinski definition) is 0. The van der Waals surface area contributed by atoms with Crippen LogP contribution in [0.15, 0.2) is 72.8 Å². The fourth-order valence-corrected chi connectivity index (χ4v) is 4.95. The first-order valence-electron chi connectivity index (χ1n) is 14.5. The van der Waals surface area contributed by atoms with E-state index in [-0.39, 0.29) is 5.56 Å². The lowest BCUT2D eigenvalue weighted by atomic mass is 9.89. The van der Waals surface area contributed by atoms with Crippen molar-refractivity contribution in [3.8, 4) is 33.4 Å². The van der Waals surface area contributed by atoms with Gasteiger partial charge in [-0.2, -0.15) is 0 Å². The molecule has 4 rings (SSSR count). The minimum absolute atomic E-state index is 0.280. The highest BCUT2D eigenvalue weighted by atomic mass is 19.2. The molecular formula is C37H44F2. The van der Waals surface area contributed by atoms with Crippen molar-refractivity contribution < 1.29 is 8.78 Å². The van der Waals surface area contributed by atoms with E-state index in [0.29, 0.717) is 17.0 Å². The smallest absolute Gasteiger partial charge is 0.167 e. The highest BCUT2D eigenvalue weighted by molar-refractivity contribution is 5.75. The Labute approximate surface area is 235 Å². The average molecular weight is 527 g/mol. The van der Waals surface area contributed by atoms with E-state index in [4.69, 9.17) is 0 Å². The van der Waals surface area contributed by atoms with Crippen LogP contribution in [0.1, 0.15) is 76.1 Å². The molecule has 0 amide bonds. The second kappa shape index (κ2) is 14.2. The molecule has 0 N–H and O–H groups in total. The third-order valence-electron chi connectivity index (χ3n) is 7.36. The Bertz CT molecular complexity index is 1320. The Kier molecular flexibility index (Phi) is 11.0. The number of hydrogen-bond acceptors (Lipinski definition) is 0. The molecule has 0 radical (unpaired) electrons. The molecule has 0 nitrogen and oxygen atoms in total.